The van der Waals surface area contributed by atoms with E-state index >= 15 is 0 Å². The van der Waals surface area contributed by atoms with Gasteiger partial charge < -0.3 is 57.6 Å². The predicted octanol–water partition coefficient (Wildman–Crippen LogP) is 15.7. The van der Waals surface area contributed by atoms with Crippen LogP contribution in [0.15, 0.2) is 158 Å². The Morgan fingerprint density at radius 1 is 0.356 bits per heavy atom. The molecule has 2 heterocycles. The second-order valence-electron chi connectivity index (χ2n) is 25.2. The summed E-state index contributed by atoms with van der Waals surface area (Å²) in [6.07, 6.45) is 0.997. The molecule has 8 aromatic carbocycles. The van der Waals surface area contributed by atoms with Crippen LogP contribution in [-0.2, 0) is 67.3 Å². The summed E-state index contributed by atoms with van der Waals surface area (Å²) in [7, 11) is 0. The number of thioether (sulfide) groups is 4. The molecule has 2 fully saturated rings. The molecule has 8 bridgehead atoms. The van der Waals surface area contributed by atoms with Gasteiger partial charge in [-0.3, -0.25) is 9.59 Å². The lowest BCUT2D eigenvalue weighted by molar-refractivity contribution is 0.0463. The smallest absolute Gasteiger partial charge is 0.338 e. The number of rotatable bonds is 34. The number of ether oxygens (including phenoxy) is 10. The van der Waals surface area contributed by atoms with E-state index in [0.717, 1.165) is 80.4 Å². The highest BCUT2D eigenvalue weighted by Crippen LogP contribution is 2.47. The van der Waals surface area contributed by atoms with E-state index in [2.05, 4.69) is 0 Å². The minimum Gasteiger partial charge on any atom is -0.491 e. The molecule has 104 heavy (non-hydrogen) atoms. The van der Waals surface area contributed by atoms with Gasteiger partial charge in [-0.2, -0.15) is 0 Å². The Morgan fingerprint density at radius 3 is 0.894 bits per heavy atom. The SMILES string of the molecule is CCOCCOc1c2cc(COC(=O)c3ccc(C(=O)c4ccccc4)cc3)cc1Cc1cc(C(O)C3SCCCS3)cc(c1OCCOCC)Cc1cc(COC(=O)c3ccc(C(=O)c4ccccc4)cc3)cc(c1OCCOCC)Cc1cc(C(O)C3SCCCS3)cc(c1OCCOCC)C2. The molecule has 1 aliphatic carbocycles. The molecule has 2 unspecified atom stereocenters. The van der Waals surface area contributed by atoms with Crippen LogP contribution >= 0.6 is 47.0 Å². The van der Waals surface area contributed by atoms with Gasteiger partial charge in [0, 0.05) is 74.4 Å². The Kier molecular flexibility index (Phi) is 29.6. The van der Waals surface area contributed by atoms with Crippen molar-refractivity contribution in [1.29, 1.82) is 0 Å². The fourth-order valence-electron chi connectivity index (χ4n) is 12.9. The minimum absolute atomic E-state index is 0.154. The van der Waals surface area contributed by atoms with Crippen molar-refractivity contribution in [2.24, 2.45) is 0 Å². The van der Waals surface area contributed by atoms with Gasteiger partial charge in [-0.15, -0.1) is 47.0 Å². The zero-order chi connectivity index (χ0) is 72.6. The number of ketones is 2. The minimum atomic E-state index is -0.908. The van der Waals surface area contributed by atoms with Crippen LogP contribution in [-0.4, -0.2) is 145 Å². The lowest BCUT2D eigenvalue weighted by atomic mass is 9.87. The molecule has 20 heteroatoms. The summed E-state index contributed by atoms with van der Waals surface area (Å²) in [6.45, 7) is 11.2. The number of esters is 2. The number of hydrogen-bond acceptors (Lipinski definition) is 20. The van der Waals surface area contributed by atoms with Crippen molar-refractivity contribution in [3.63, 3.8) is 0 Å². The first-order valence-electron chi connectivity index (χ1n) is 35.9. The van der Waals surface area contributed by atoms with Crippen LogP contribution in [0.5, 0.6) is 23.0 Å². The third-order valence-corrected chi connectivity index (χ3v) is 23.9. The third kappa shape index (κ3) is 20.9. The summed E-state index contributed by atoms with van der Waals surface area (Å²) in [5.41, 5.74) is 11.0. The number of fused-ring (bicyclic) bond motifs is 8. The molecule has 0 radical (unpaired) electrons. The van der Waals surface area contributed by atoms with Gasteiger partial charge in [-0.05, 0) is 203 Å². The zero-order valence-electron chi connectivity index (χ0n) is 59.5. The molecular formula is C84H92O16S4. The first-order chi connectivity index (χ1) is 50.9. The number of hydrogen-bond donors (Lipinski definition) is 2. The average Bonchev–Trinajstić information content (AvgIpc) is 0.775. The van der Waals surface area contributed by atoms with Gasteiger partial charge in [0.05, 0.1) is 58.9 Å². The van der Waals surface area contributed by atoms with Crippen LogP contribution in [0.2, 0.25) is 0 Å². The fourth-order valence-corrected chi connectivity index (χ4v) is 18.7. The summed E-state index contributed by atoms with van der Waals surface area (Å²) in [4.78, 5) is 55.5. The van der Waals surface area contributed by atoms with Gasteiger partial charge in [-0.1, -0.05) is 84.9 Å². The molecule has 0 spiro atoms. The number of carbonyl (C=O) groups excluding carboxylic acids is 4. The van der Waals surface area contributed by atoms with Crippen LogP contribution in [0, 0.1) is 0 Å². The number of aliphatic hydroxyl groups excluding tert-OH is 2. The van der Waals surface area contributed by atoms with Crippen molar-refractivity contribution in [3.8, 4) is 23.0 Å². The monoisotopic (exact) mass is 1480 g/mol. The molecule has 548 valence electrons. The van der Waals surface area contributed by atoms with Gasteiger partial charge in [0.15, 0.2) is 11.6 Å². The first-order valence-corrected chi connectivity index (χ1v) is 40.1. The lowest BCUT2D eigenvalue weighted by Crippen LogP contribution is -2.19. The highest BCUT2D eigenvalue weighted by molar-refractivity contribution is 8.18. The quantitative estimate of drug-likeness (QED) is 0.0219. The molecule has 0 aromatic heterocycles. The molecule has 0 saturated carbocycles. The summed E-state index contributed by atoms with van der Waals surface area (Å²) >= 11 is 6.96. The van der Waals surface area contributed by atoms with E-state index in [9.17, 15) is 29.4 Å². The number of aliphatic hydroxyl groups is 2. The largest absolute Gasteiger partial charge is 0.491 e. The van der Waals surface area contributed by atoms with Crippen molar-refractivity contribution in [2.75, 3.05) is 102 Å². The van der Waals surface area contributed by atoms with E-state index in [0.29, 0.717) is 93.9 Å². The standard InChI is InChI=1S/C84H92O16S4/c1-5-91-29-33-95-77-65-41-55(53-99-81(89)61-25-21-59(22-26-61)73(85)57-17-11-9-12-18-57)42-66(77)50-70-46-64(76(88)84-103-39-16-40-104-84)48-72(80(70)98-36-32-94-8-4)52-68-44-56(54-100-82(90)62-27-23-60(24-28-62)74(86)58-19-13-10-14-20-58)43-67(78(68)96-34-30-92-6-2)51-71-47-63(75(87)83-101-37-15-38-102-83)45-69(49-65)79(71)97-35-31-93-7-3/h9-14,17-28,41-48,75-76,83-84,87-88H,5-8,15-16,29-40,49-54H2,1-4H3. The Labute approximate surface area is 627 Å². The van der Waals surface area contributed by atoms with Gasteiger partial charge in [-0.25, -0.2) is 9.59 Å². The van der Waals surface area contributed by atoms with E-state index in [1.54, 1.807) is 120 Å². The van der Waals surface area contributed by atoms with Crippen LogP contribution in [0.4, 0.5) is 0 Å². The Bertz CT molecular complexity index is 3780. The van der Waals surface area contributed by atoms with Crippen LogP contribution < -0.4 is 18.9 Å². The van der Waals surface area contributed by atoms with Crippen molar-refractivity contribution in [3.05, 3.63) is 258 Å². The van der Waals surface area contributed by atoms with E-state index < -0.39 is 24.1 Å². The van der Waals surface area contributed by atoms with Crippen molar-refractivity contribution in [1.82, 2.24) is 0 Å². The maximum Gasteiger partial charge on any atom is 0.338 e. The van der Waals surface area contributed by atoms with Gasteiger partial charge in [0.25, 0.3) is 0 Å². The molecule has 2 atom stereocenters. The number of benzene rings is 8. The van der Waals surface area contributed by atoms with Crippen molar-refractivity contribution < 1.29 is 76.8 Å². The summed E-state index contributed by atoms with van der Waals surface area (Å²) in [5.74, 6) is 4.34. The normalized spacial score (nSPS) is 14.6. The Hall–Kier alpha value is -7.60. The highest BCUT2D eigenvalue weighted by atomic mass is 32.2. The molecule has 16 nitrogen and oxygen atoms in total. The third-order valence-electron chi connectivity index (χ3n) is 17.9. The van der Waals surface area contributed by atoms with E-state index in [-0.39, 0.29) is 124 Å². The maximum absolute atomic E-state index is 14.3. The average molecular weight is 1490 g/mol. The predicted molar refractivity (Wildman–Crippen MR) is 412 cm³/mol. The Balaban J connectivity index is 1.11. The highest BCUT2D eigenvalue weighted by Gasteiger charge is 2.32. The van der Waals surface area contributed by atoms with E-state index in [1.807, 2.05) is 113 Å². The molecule has 3 aliphatic rings. The molecule has 2 aliphatic heterocycles. The number of carbonyl (C=O) groups is 4. The molecular weight excluding hydrogens is 1390 g/mol. The first kappa shape index (κ1) is 77.5. The van der Waals surface area contributed by atoms with Crippen molar-refractivity contribution >= 4 is 70.6 Å². The summed E-state index contributed by atoms with van der Waals surface area (Å²) < 4.78 is 64.3. The topological polar surface area (TPSA) is 201 Å². The molecule has 2 saturated heterocycles. The van der Waals surface area contributed by atoms with Crippen molar-refractivity contribution in [2.45, 2.75) is 101 Å². The van der Waals surface area contributed by atoms with Crippen LogP contribution in [0.1, 0.15) is 172 Å². The zero-order valence-corrected chi connectivity index (χ0v) is 62.8. The maximum atomic E-state index is 14.3. The Morgan fingerprint density at radius 2 is 0.615 bits per heavy atom. The summed E-state index contributed by atoms with van der Waals surface area (Å²) in [5, 5.41) is 25.6. The second-order valence-corrected chi connectivity index (χ2v) is 30.8. The van der Waals surface area contributed by atoms with Crippen LogP contribution in [0.3, 0.4) is 0 Å². The van der Waals surface area contributed by atoms with E-state index in [1.165, 1.54) is 0 Å². The fraction of sp³-hybridized carbons (Fsp3) is 0.381. The van der Waals surface area contributed by atoms with E-state index in [4.69, 9.17) is 47.4 Å². The lowest BCUT2D eigenvalue weighted by Gasteiger charge is -2.29. The second kappa shape index (κ2) is 39.7. The van der Waals surface area contributed by atoms with Crippen LogP contribution in [0.25, 0.3) is 0 Å². The molecule has 8 aromatic rings. The molecule has 2 N–H and O–H groups in total. The van der Waals surface area contributed by atoms with Gasteiger partial charge in [0.2, 0.25) is 0 Å². The molecule has 0 amide bonds. The van der Waals surface area contributed by atoms with Gasteiger partial charge >= 0.3 is 11.9 Å². The molecule has 11 rings (SSSR count). The summed E-state index contributed by atoms with van der Waals surface area (Å²) in [6, 6.07) is 47.1. The van der Waals surface area contributed by atoms with Gasteiger partial charge in [0.1, 0.15) is 62.6 Å².